The highest BCUT2D eigenvalue weighted by Gasteiger charge is 2.07. The Hall–Kier alpha value is -2.16. The average molecular weight is 240 g/mol. The SMILES string of the molecule is Cc1ccc(CC(=O)Cc2cccnc2N)cc1. The Bertz CT molecular complexity index is 547. The third-order valence-electron chi connectivity index (χ3n) is 2.84. The van der Waals surface area contributed by atoms with Gasteiger partial charge in [0.1, 0.15) is 11.6 Å². The van der Waals surface area contributed by atoms with Crippen molar-refractivity contribution in [3.05, 3.63) is 59.3 Å². The van der Waals surface area contributed by atoms with E-state index in [4.69, 9.17) is 5.73 Å². The molecule has 1 aromatic heterocycles. The number of hydrogen-bond acceptors (Lipinski definition) is 3. The van der Waals surface area contributed by atoms with Gasteiger partial charge in [-0.2, -0.15) is 0 Å². The van der Waals surface area contributed by atoms with Crippen molar-refractivity contribution in [2.24, 2.45) is 0 Å². The van der Waals surface area contributed by atoms with Crippen LogP contribution in [0.15, 0.2) is 42.6 Å². The molecule has 0 saturated carbocycles. The number of benzene rings is 1. The first kappa shape index (κ1) is 12.3. The monoisotopic (exact) mass is 240 g/mol. The molecule has 3 nitrogen and oxygen atoms in total. The lowest BCUT2D eigenvalue weighted by Gasteiger charge is -2.04. The second-order valence-electron chi connectivity index (χ2n) is 4.43. The molecule has 0 radical (unpaired) electrons. The van der Waals surface area contributed by atoms with Crippen LogP contribution in [0.2, 0.25) is 0 Å². The fourth-order valence-corrected chi connectivity index (χ4v) is 1.81. The standard InChI is InChI=1S/C15H16N2O/c1-11-4-6-12(7-5-11)9-14(18)10-13-3-2-8-17-15(13)16/h2-8H,9-10H2,1H3,(H2,16,17). The molecular weight excluding hydrogens is 224 g/mol. The first-order chi connectivity index (χ1) is 8.65. The maximum absolute atomic E-state index is 11.9. The van der Waals surface area contributed by atoms with Gasteiger partial charge in [0.05, 0.1) is 0 Å². The first-order valence-electron chi connectivity index (χ1n) is 5.92. The van der Waals surface area contributed by atoms with E-state index in [-0.39, 0.29) is 5.78 Å². The molecule has 0 fully saturated rings. The Labute approximate surface area is 107 Å². The molecule has 0 aliphatic rings. The number of aryl methyl sites for hydroxylation is 1. The lowest BCUT2D eigenvalue weighted by molar-refractivity contribution is -0.117. The van der Waals surface area contributed by atoms with Gasteiger partial charge in [0.25, 0.3) is 0 Å². The molecular formula is C15H16N2O. The molecule has 2 rings (SSSR count). The third kappa shape index (κ3) is 3.17. The minimum atomic E-state index is 0.151. The van der Waals surface area contributed by atoms with Crippen LogP contribution >= 0.6 is 0 Å². The summed E-state index contributed by atoms with van der Waals surface area (Å²) in [5.74, 6) is 0.591. The van der Waals surface area contributed by atoms with Gasteiger partial charge in [-0.25, -0.2) is 4.98 Å². The Morgan fingerprint density at radius 1 is 1.17 bits per heavy atom. The molecule has 0 aliphatic heterocycles. The highest BCUT2D eigenvalue weighted by Crippen LogP contribution is 2.11. The zero-order valence-electron chi connectivity index (χ0n) is 10.4. The molecule has 0 bridgehead atoms. The van der Waals surface area contributed by atoms with E-state index in [0.29, 0.717) is 18.7 Å². The van der Waals surface area contributed by atoms with Crippen LogP contribution in [0, 0.1) is 6.92 Å². The van der Waals surface area contributed by atoms with Crippen LogP contribution in [0.1, 0.15) is 16.7 Å². The maximum atomic E-state index is 11.9. The highest BCUT2D eigenvalue weighted by atomic mass is 16.1. The number of pyridine rings is 1. The summed E-state index contributed by atoms with van der Waals surface area (Å²) < 4.78 is 0. The van der Waals surface area contributed by atoms with Gasteiger partial charge in [-0.05, 0) is 18.6 Å². The Morgan fingerprint density at radius 2 is 1.89 bits per heavy atom. The van der Waals surface area contributed by atoms with Gasteiger partial charge in [-0.1, -0.05) is 35.9 Å². The summed E-state index contributed by atoms with van der Waals surface area (Å²) >= 11 is 0. The van der Waals surface area contributed by atoms with E-state index in [2.05, 4.69) is 4.98 Å². The predicted octanol–water partition coefficient (Wildman–Crippen LogP) is 2.33. The van der Waals surface area contributed by atoms with Gasteiger partial charge < -0.3 is 5.73 Å². The zero-order valence-corrected chi connectivity index (χ0v) is 10.4. The number of nitrogen functional groups attached to an aromatic ring is 1. The predicted molar refractivity (Wildman–Crippen MR) is 72.2 cm³/mol. The molecule has 0 amide bonds. The van der Waals surface area contributed by atoms with E-state index in [1.807, 2.05) is 37.3 Å². The van der Waals surface area contributed by atoms with Gasteiger partial charge in [0.15, 0.2) is 0 Å². The molecule has 2 aromatic rings. The van der Waals surface area contributed by atoms with Gasteiger partial charge in [-0.15, -0.1) is 0 Å². The third-order valence-corrected chi connectivity index (χ3v) is 2.84. The van der Waals surface area contributed by atoms with Crippen molar-refractivity contribution >= 4 is 11.6 Å². The molecule has 1 aromatic carbocycles. The fraction of sp³-hybridized carbons (Fsp3) is 0.200. The molecule has 92 valence electrons. The number of nitrogens with zero attached hydrogens (tertiary/aromatic N) is 1. The summed E-state index contributed by atoms with van der Waals surface area (Å²) in [6, 6.07) is 11.6. The number of rotatable bonds is 4. The van der Waals surface area contributed by atoms with E-state index < -0.39 is 0 Å². The number of nitrogens with two attached hydrogens (primary N) is 1. The van der Waals surface area contributed by atoms with E-state index in [9.17, 15) is 4.79 Å². The summed E-state index contributed by atoms with van der Waals surface area (Å²) in [5, 5.41) is 0. The van der Waals surface area contributed by atoms with Crippen LogP contribution in [0.5, 0.6) is 0 Å². The Kier molecular flexibility index (Phi) is 3.72. The summed E-state index contributed by atoms with van der Waals surface area (Å²) in [4.78, 5) is 15.9. The van der Waals surface area contributed by atoms with Crippen LogP contribution < -0.4 is 5.73 Å². The van der Waals surface area contributed by atoms with Crippen LogP contribution in [0.25, 0.3) is 0 Å². The van der Waals surface area contributed by atoms with Crippen molar-refractivity contribution in [1.29, 1.82) is 0 Å². The van der Waals surface area contributed by atoms with Crippen molar-refractivity contribution in [2.45, 2.75) is 19.8 Å². The number of carbonyl (C=O) groups is 1. The summed E-state index contributed by atoms with van der Waals surface area (Å²) in [7, 11) is 0. The van der Waals surface area contributed by atoms with Crippen molar-refractivity contribution in [3.8, 4) is 0 Å². The average Bonchev–Trinajstić information content (AvgIpc) is 2.35. The lowest BCUT2D eigenvalue weighted by Crippen LogP contribution is -2.09. The fourth-order valence-electron chi connectivity index (χ4n) is 1.81. The summed E-state index contributed by atoms with van der Waals surface area (Å²) in [6.45, 7) is 2.03. The van der Waals surface area contributed by atoms with Crippen LogP contribution in [-0.4, -0.2) is 10.8 Å². The summed E-state index contributed by atoms with van der Waals surface area (Å²) in [5.41, 5.74) is 8.75. The minimum absolute atomic E-state index is 0.151. The number of Topliss-reactive ketones (excluding diaryl/α,β-unsaturated/α-hetero) is 1. The number of anilines is 1. The maximum Gasteiger partial charge on any atom is 0.141 e. The molecule has 3 heteroatoms. The minimum Gasteiger partial charge on any atom is -0.383 e. The van der Waals surface area contributed by atoms with Crippen molar-refractivity contribution in [3.63, 3.8) is 0 Å². The first-order valence-corrected chi connectivity index (χ1v) is 5.92. The molecule has 1 heterocycles. The molecule has 18 heavy (non-hydrogen) atoms. The van der Waals surface area contributed by atoms with E-state index in [1.54, 1.807) is 12.3 Å². The van der Waals surface area contributed by atoms with E-state index >= 15 is 0 Å². The van der Waals surface area contributed by atoms with Gasteiger partial charge >= 0.3 is 0 Å². The smallest absolute Gasteiger partial charge is 0.141 e. The molecule has 0 saturated heterocycles. The van der Waals surface area contributed by atoms with Gasteiger partial charge in [0, 0.05) is 24.6 Å². The molecule has 2 N–H and O–H groups in total. The molecule has 0 aliphatic carbocycles. The molecule has 0 spiro atoms. The number of carbonyl (C=O) groups excluding carboxylic acids is 1. The van der Waals surface area contributed by atoms with E-state index in [0.717, 1.165) is 11.1 Å². The van der Waals surface area contributed by atoms with Crippen LogP contribution in [0.3, 0.4) is 0 Å². The largest absolute Gasteiger partial charge is 0.383 e. The Balaban J connectivity index is 2.01. The highest BCUT2D eigenvalue weighted by molar-refractivity contribution is 5.84. The van der Waals surface area contributed by atoms with Gasteiger partial charge in [-0.3, -0.25) is 4.79 Å². The van der Waals surface area contributed by atoms with Crippen LogP contribution in [-0.2, 0) is 17.6 Å². The number of aromatic nitrogens is 1. The number of ketones is 1. The number of hydrogen-bond donors (Lipinski definition) is 1. The van der Waals surface area contributed by atoms with Crippen molar-refractivity contribution < 1.29 is 4.79 Å². The second-order valence-corrected chi connectivity index (χ2v) is 4.43. The van der Waals surface area contributed by atoms with Crippen molar-refractivity contribution in [2.75, 3.05) is 5.73 Å². The normalized spacial score (nSPS) is 10.3. The van der Waals surface area contributed by atoms with Crippen LogP contribution in [0.4, 0.5) is 5.82 Å². The van der Waals surface area contributed by atoms with Crippen molar-refractivity contribution in [1.82, 2.24) is 4.98 Å². The summed E-state index contributed by atoms with van der Waals surface area (Å²) in [6.07, 6.45) is 2.41. The topological polar surface area (TPSA) is 56.0 Å². The Morgan fingerprint density at radius 3 is 2.56 bits per heavy atom. The van der Waals surface area contributed by atoms with Gasteiger partial charge in [0.2, 0.25) is 0 Å². The molecule has 0 atom stereocenters. The zero-order chi connectivity index (χ0) is 13.0. The lowest BCUT2D eigenvalue weighted by atomic mass is 10.0. The van der Waals surface area contributed by atoms with E-state index in [1.165, 1.54) is 5.56 Å². The second kappa shape index (κ2) is 5.45. The molecule has 0 unspecified atom stereocenters. The quantitative estimate of drug-likeness (QED) is 0.892.